The van der Waals surface area contributed by atoms with Crippen molar-refractivity contribution in [3.8, 4) is 0 Å². The van der Waals surface area contributed by atoms with Crippen LogP contribution in [0.15, 0.2) is 30.3 Å². The lowest BCUT2D eigenvalue weighted by Crippen LogP contribution is -2.52. The van der Waals surface area contributed by atoms with Gasteiger partial charge in [0.25, 0.3) is 0 Å². The van der Waals surface area contributed by atoms with Crippen molar-refractivity contribution < 1.29 is 9.90 Å². The van der Waals surface area contributed by atoms with Gasteiger partial charge in [-0.2, -0.15) is 0 Å². The summed E-state index contributed by atoms with van der Waals surface area (Å²) in [6.07, 6.45) is 1.65. The molecular weight excluding hydrogens is 240 g/mol. The van der Waals surface area contributed by atoms with Crippen LogP contribution < -0.4 is 10.6 Å². The largest absolute Gasteiger partial charge is 0.394 e. The molecule has 2 unspecified atom stereocenters. The van der Waals surface area contributed by atoms with Crippen LogP contribution >= 0.6 is 0 Å². The molecule has 0 heterocycles. The summed E-state index contributed by atoms with van der Waals surface area (Å²) < 4.78 is 0. The van der Waals surface area contributed by atoms with Crippen LogP contribution in [0.4, 0.5) is 4.79 Å². The van der Waals surface area contributed by atoms with Gasteiger partial charge in [-0.05, 0) is 25.8 Å². The predicted molar refractivity (Wildman–Crippen MR) is 76.9 cm³/mol. The van der Waals surface area contributed by atoms with Gasteiger partial charge in [0.2, 0.25) is 0 Å². The highest BCUT2D eigenvalue weighted by atomic mass is 16.3. The minimum absolute atomic E-state index is 0.0615. The molecule has 4 heteroatoms. The molecule has 106 valence electrons. The maximum Gasteiger partial charge on any atom is 0.315 e. The number of amides is 2. The fourth-order valence-corrected chi connectivity index (χ4v) is 2.06. The van der Waals surface area contributed by atoms with Crippen molar-refractivity contribution in [1.29, 1.82) is 0 Å². The van der Waals surface area contributed by atoms with E-state index in [2.05, 4.69) is 10.6 Å². The maximum atomic E-state index is 11.9. The Hall–Kier alpha value is -1.55. The topological polar surface area (TPSA) is 61.4 Å². The predicted octanol–water partition coefficient (Wildman–Crippen LogP) is 2.60. The molecule has 2 amide bonds. The molecule has 3 N–H and O–H groups in total. The Labute approximate surface area is 115 Å². The van der Waals surface area contributed by atoms with E-state index in [4.69, 9.17) is 0 Å². The molecule has 2 atom stereocenters. The average molecular weight is 264 g/mol. The minimum atomic E-state index is -0.560. The van der Waals surface area contributed by atoms with Gasteiger partial charge in [0.15, 0.2) is 0 Å². The molecule has 1 rings (SSSR count). The molecule has 4 nitrogen and oxygen atoms in total. The highest BCUT2D eigenvalue weighted by Crippen LogP contribution is 2.13. The van der Waals surface area contributed by atoms with Crippen molar-refractivity contribution in [1.82, 2.24) is 10.6 Å². The van der Waals surface area contributed by atoms with Gasteiger partial charge >= 0.3 is 6.03 Å². The normalized spacial score (nSPS) is 15.4. The fraction of sp³-hybridized carbons (Fsp3) is 0.533. The van der Waals surface area contributed by atoms with Gasteiger partial charge in [-0.15, -0.1) is 0 Å². The second-order valence-corrected chi connectivity index (χ2v) is 5.20. The number of benzene rings is 1. The van der Waals surface area contributed by atoms with E-state index >= 15 is 0 Å². The fourth-order valence-electron chi connectivity index (χ4n) is 2.06. The number of aliphatic hydroxyl groups is 1. The maximum absolute atomic E-state index is 11.9. The second kappa shape index (κ2) is 7.14. The molecule has 0 aliphatic rings. The summed E-state index contributed by atoms with van der Waals surface area (Å²) in [6, 6.07) is 9.47. The molecule has 0 fully saturated rings. The number of nitrogens with one attached hydrogen (secondary N) is 2. The van der Waals surface area contributed by atoms with Gasteiger partial charge in [0.1, 0.15) is 0 Å². The van der Waals surface area contributed by atoms with E-state index in [1.54, 1.807) is 0 Å². The van der Waals surface area contributed by atoms with Crippen molar-refractivity contribution in [3.63, 3.8) is 0 Å². The van der Waals surface area contributed by atoms with Crippen LogP contribution in [-0.4, -0.2) is 23.3 Å². The number of urea groups is 1. The summed E-state index contributed by atoms with van der Waals surface area (Å²) >= 11 is 0. The second-order valence-electron chi connectivity index (χ2n) is 5.20. The van der Waals surface area contributed by atoms with E-state index in [0.717, 1.165) is 18.4 Å². The van der Waals surface area contributed by atoms with E-state index in [9.17, 15) is 9.90 Å². The Morgan fingerprint density at radius 2 is 2.00 bits per heavy atom. The molecule has 1 aromatic rings. The zero-order chi connectivity index (χ0) is 14.3. The van der Waals surface area contributed by atoms with Crippen LogP contribution in [0, 0.1) is 0 Å². The average Bonchev–Trinajstić information content (AvgIpc) is 2.39. The Bertz CT molecular complexity index is 394. The first kappa shape index (κ1) is 15.5. The molecular formula is C15H24N2O2. The first-order chi connectivity index (χ1) is 9.00. The molecule has 1 aromatic carbocycles. The van der Waals surface area contributed by atoms with Gasteiger partial charge in [-0.3, -0.25) is 0 Å². The molecule has 0 aromatic heterocycles. The third-order valence-electron chi connectivity index (χ3n) is 3.21. The van der Waals surface area contributed by atoms with Crippen molar-refractivity contribution in [2.45, 2.75) is 45.2 Å². The van der Waals surface area contributed by atoms with E-state index in [0.29, 0.717) is 0 Å². The SMILES string of the molecule is CCCC(C)(CO)NC(=O)NC(C)c1ccccc1. The van der Waals surface area contributed by atoms with Crippen LogP contribution in [0.5, 0.6) is 0 Å². The molecule has 19 heavy (non-hydrogen) atoms. The first-order valence-corrected chi connectivity index (χ1v) is 6.75. The summed E-state index contributed by atoms with van der Waals surface area (Å²) in [5.74, 6) is 0. The number of rotatable bonds is 6. The summed E-state index contributed by atoms with van der Waals surface area (Å²) in [4.78, 5) is 11.9. The molecule has 0 aliphatic heterocycles. The van der Waals surface area contributed by atoms with Crippen LogP contribution in [0.3, 0.4) is 0 Å². The van der Waals surface area contributed by atoms with Gasteiger partial charge in [0, 0.05) is 0 Å². The van der Waals surface area contributed by atoms with Gasteiger partial charge in [0.05, 0.1) is 18.2 Å². The van der Waals surface area contributed by atoms with Crippen molar-refractivity contribution >= 4 is 6.03 Å². The van der Waals surface area contributed by atoms with Crippen LogP contribution in [0.2, 0.25) is 0 Å². The van der Waals surface area contributed by atoms with Crippen LogP contribution in [-0.2, 0) is 0 Å². The number of aliphatic hydroxyl groups excluding tert-OH is 1. The monoisotopic (exact) mass is 264 g/mol. The number of carbonyl (C=O) groups is 1. The minimum Gasteiger partial charge on any atom is -0.394 e. The van der Waals surface area contributed by atoms with Crippen LogP contribution in [0.1, 0.15) is 45.2 Å². The summed E-state index contributed by atoms with van der Waals surface area (Å²) in [7, 11) is 0. The summed E-state index contributed by atoms with van der Waals surface area (Å²) in [5, 5.41) is 15.1. The Balaban J connectivity index is 2.55. The summed E-state index contributed by atoms with van der Waals surface area (Å²) in [5.41, 5.74) is 0.494. The van der Waals surface area contributed by atoms with E-state index in [1.165, 1.54) is 0 Å². The zero-order valence-electron chi connectivity index (χ0n) is 11.9. The first-order valence-electron chi connectivity index (χ1n) is 6.75. The highest BCUT2D eigenvalue weighted by Gasteiger charge is 2.24. The van der Waals surface area contributed by atoms with Gasteiger partial charge in [-0.25, -0.2) is 4.79 Å². The number of carbonyl (C=O) groups excluding carboxylic acids is 1. The van der Waals surface area contributed by atoms with Gasteiger partial charge < -0.3 is 15.7 Å². The van der Waals surface area contributed by atoms with Gasteiger partial charge in [-0.1, -0.05) is 43.7 Å². The van der Waals surface area contributed by atoms with E-state index in [1.807, 2.05) is 51.1 Å². The molecule has 0 bridgehead atoms. The Morgan fingerprint density at radius 1 is 1.37 bits per heavy atom. The summed E-state index contributed by atoms with van der Waals surface area (Å²) in [6.45, 7) is 5.75. The third kappa shape index (κ3) is 4.91. The molecule has 0 saturated carbocycles. The number of hydrogen-bond acceptors (Lipinski definition) is 2. The smallest absolute Gasteiger partial charge is 0.315 e. The number of hydrogen-bond donors (Lipinski definition) is 3. The molecule has 0 aliphatic carbocycles. The molecule has 0 radical (unpaired) electrons. The Kier molecular flexibility index (Phi) is 5.83. The van der Waals surface area contributed by atoms with E-state index < -0.39 is 5.54 Å². The highest BCUT2D eigenvalue weighted by molar-refractivity contribution is 5.75. The lowest BCUT2D eigenvalue weighted by molar-refractivity contribution is 0.162. The zero-order valence-corrected chi connectivity index (χ0v) is 11.9. The third-order valence-corrected chi connectivity index (χ3v) is 3.21. The lowest BCUT2D eigenvalue weighted by atomic mass is 9.97. The lowest BCUT2D eigenvalue weighted by Gasteiger charge is -2.29. The Morgan fingerprint density at radius 3 is 2.53 bits per heavy atom. The molecule has 0 saturated heterocycles. The molecule has 0 spiro atoms. The van der Waals surface area contributed by atoms with Crippen LogP contribution in [0.25, 0.3) is 0 Å². The standard InChI is InChI=1S/C15H24N2O2/c1-4-10-15(3,11-18)17-14(19)16-12(2)13-8-6-5-7-9-13/h5-9,12,18H,4,10-11H2,1-3H3,(H2,16,17,19). The van der Waals surface area contributed by atoms with Crippen molar-refractivity contribution in [3.05, 3.63) is 35.9 Å². The van der Waals surface area contributed by atoms with Crippen molar-refractivity contribution in [2.75, 3.05) is 6.61 Å². The van der Waals surface area contributed by atoms with E-state index in [-0.39, 0.29) is 18.7 Å². The van der Waals surface area contributed by atoms with Crippen molar-refractivity contribution in [2.24, 2.45) is 0 Å². The quantitative estimate of drug-likeness (QED) is 0.739.